The molecule has 0 radical (unpaired) electrons. The molecule has 0 aliphatic rings. The highest BCUT2D eigenvalue weighted by Crippen LogP contribution is 2.24. The molecule has 0 bridgehead atoms. The lowest BCUT2D eigenvalue weighted by Gasteiger charge is -2.15. The van der Waals surface area contributed by atoms with Crippen molar-refractivity contribution in [2.75, 3.05) is 34.3 Å². The number of hydrogen-bond acceptors (Lipinski definition) is 4. The van der Waals surface area contributed by atoms with Gasteiger partial charge in [0.25, 0.3) is 0 Å². The number of likely N-dealkylation sites (N-methyl/N-ethyl adjacent to an activating group) is 1. The molecule has 0 atom stereocenters. The van der Waals surface area contributed by atoms with Crippen molar-refractivity contribution < 1.29 is 9.53 Å². The summed E-state index contributed by atoms with van der Waals surface area (Å²) < 4.78 is 5.41. The predicted octanol–water partition coefficient (Wildman–Crippen LogP) is 1.47. The number of carbonyl (C=O) groups excluding carboxylic acids is 1. The lowest BCUT2D eigenvalue weighted by atomic mass is 10.1. The smallest absolute Gasteiger partial charge is 0.241 e. The zero-order valence-electron chi connectivity index (χ0n) is 15.3. The third-order valence-electron chi connectivity index (χ3n) is 3.39. The average molecular weight is 449 g/mol. The number of nitrogens with one attached hydrogen (secondary N) is 2. The van der Waals surface area contributed by atoms with E-state index in [-0.39, 0.29) is 36.4 Å². The van der Waals surface area contributed by atoms with Crippen molar-refractivity contribution in [2.24, 2.45) is 4.99 Å². The first-order valence-electron chi connectivity index (χ1n) is 7.62. The molecular weight excluding hydrogens is 421 g/mol. The SMILES string of the molecule is CCNC(=NCc1ncc(C)c(OC)c1C)NCC(=O)N(C)C.I. The number of aryl methyl sites for hydroxylation is 1. The fourth-order valence-corrected chi connectivity index (χ4v) is 2.04. The number of nitrogens with zero attached hydrogens (tertiary/aromatic N) is 3. The molecule has 8 heteroatoms. The average Bonchev–Trinajstić information content (AvgIpc) is 2.51. The Morgan fingerprint density at radius 1 is 1.33 bits per heavy atom. The Kier molecular flexibility index (Phi) is 10.3. The van der Waals surface area contributed by atoms with Crippen LogP contribution >= 0.6 is 24.0 Å². The van der Waals surface area contributed by atoms with E-state index in [1.807, 2.05) is 20.8 Å². The van der Waals surface area contributed by atoms with E-state index >= 15 is 0 Å². The fraction of sp³-hybridized carbons (Fsp3) is 0.562. The zero-order chi connectivity index (χ0) is 17.4. The summed E-state index contributed by atoms with van der Waals surface area (Å²) in [6.45, 7) is 7.23. The molecule has 7 nitrogen and oxygen atoms in total. The fourth-order valence-electron chi connectivity index (χ4n) is 2.04. The lowest BCUT2D eigenvalue weighted by Crippen LogP contribution is -2.42. The van der Waals surface area contributed by atoms with Crippen LogP contribution in [0.25, 0.3) is 0 Å². The predicted molar refractivity (Wildman–Crippen MR) is 107 cm³/mol. The molecule has 24 heavy (non-hydrogen) atoms. The quantitative estimate of drug-likeness (QED) is 0.391. The standard InChI is InChI=1S/C16H27N5O2.HI/c1-7-17-16(20-10-14(22)21(4)5)19-9-13-12(3)15(23-6)11(2)8-18-13;/h8H,7,9-10H2,1-6H3,(H2,17,19,20);1H. The lowest BCUT2D eigenvalue weighted by molar-refractivity contribution is -0.127. The molecule has 2 N–H and O–H groups in total. The van der Waals surface area contributed by atoms with Crippen molar-refractivity contribution in [3.8, 4) is 5.75 Å². The first-order chi connectivity index (χ1) is 10.9. The van der Waals surface area contributed by atoms with Crippen molar-refractivity contribution in [1.82, 2.24) is 20.5 Å². The molecule has 1 aromatic heterocycles. The van der Waals surface area contributed by atoms with Crippen molar-refractivity contribution in [3.05, 3.63) is 23.0 Å². The van der Waals surface area contributed by atoms with E-state index in [2.05, 4.69) is 20.6 Å². The maximum Gasteiger partial charge on any atom is 0.241 e. The minimum Gasteiger partial charge on any atom is -0.496 e. The van der Waals surface area contributed by atoms with Crippen molar-refractivity contribution in [3.63, 3.8) is 0 Å². The Bertz CT molecular complexity index is 576. The van der Waals surface area contributed by atoms with Gasteiger partial charge in [0.15, 0.2) is 5.96 Å². The van der Waals surface area contributed by atoms with Crippen LogP contribution in [0.4, 0.5) is 0 Å². The van der Waals surface area contributed by atoms with Crippen molar-refractivity contribution >= 4 is 35.8 Å². The number of carbonyl (C=O) groups is 1. The first kappa shape index (κ1) is 22.4. The minimum absolute atomic E-state index is 0. The van der Waals surface area contributed by atoms with Crippen LogP contribution in [-0.4, -0.2) is 56.0 Å². The molecule has 0 saturated carbocycles. The second-order valence-corrected chi connectivity index (χ2v) is 5.38. The van der Waals surface area contributed by atoms with Crippen LogP contribution in [0.15, 0.2) is 11.2 Å². The molecule has 0 spiro atoms. The zero-order valence-corrected chi connectivity index (χ0v) is 17.6. The van der Waals surface area contributed by atoms with Gasteiger partial charge in [0.2, 0.25) is 5.91 Å². The molecule has 0 saturated heterocycles. The van der Waals surface area contributed by atoms with E-state index in [4.69, 9.17) is 4.74 Å². The molecule has 0 aliphatic heterocycles. The summed E-state index contributed by atoms with van der Waals surface area (Å²) in [6.07, 6.45) is 1.78. The van der Waals surface area contributed by atoms with Crippen molar-refractivity contribution in [2.45, 2.75) is 27.3 Å². The van der Waals surface area contributed by atoms with E-state index in [0.29, 0.717) is 19.0 Å². The van der Waals surface area contributed by atoms with Gasteiger partial charge in [-0.15, -0.1) is 24.0 Å². The van der Waals surface area contributed by atoms with Crippen LogP contribution in [0, 0.1) is 13.8 Å². The summed E-state index contributed by atoms with van der Waals surface area (Å²) in [7, 11) is 5.10. The number of guanidine groups is 1. The number of rotatable bonds is 6. The Labute approximate surface area is 161 Å². The third-order valence-corrected chi connectivity index (χ3v) is 3.39. The Balaban J connectivity index is 0.00000529. The highest BCUT2D eigenvalue weighted by Gasteiger charge is 2.10. The maximum absolute atomic E-state index is 11.7. The minimum atomic E-state index is -0.0121. The second-order valence-electron chi connectivity index (χ2n) is 5.38. The monoisotopic (exact) mass is 449 g/mol. The Morgan fingerprint density at radius 2 is 2.00 bits per heavy atom. The van der Waals surface area contributed by atoms with E-state index in [1.54, 1.807) is 27.4 Å². The molecule has 0 aliphatic carbocycles. The van der Waals surface area contributed by atoms with Gasteiger partial charge >= 0.3 is 0 Å². The number of pyridine rings is 1. The van der Waals surface area contributed by atoms with Crippen LogP contribution < -0.4 is 15.4 Å². The van der Waals surface area contributed by atoms with Crippen LogP contribution in [0.3, 0.4) is 0 Å². The van der Waals surface area contributed by atoms with Gasteiger partial charge in [-0.25, -0.2) is 4.99 Å². The summed E-state index contributed by atoms with van der Waals surface area (Å²) >= 11 is 0. The van der Waals surface area contributed by atoms with Gasteiger partial charge in [0.05, 0.1) is 25.9 Å². The Morgan fingerprint density at radius 3 is 2.54 bits per heavy atom. The largest absolute Gasteiger partial charge is 0.496 e. The van der Waals surface area contributed by atoms with Crippen LogP contribution in [0.5, 0.6) is 5.75 Å². The maximum atomic E-state index is 11.7. The molecule has 136 valence electrons. The van der Waals surface area contributed by atoms with Crippen molar-refractivity contribution in [1.29, 1.82) is 0 Å². The highest BCUT2D eigenvalue weighted by molar-refractivity contribution is 14.0. The number of aromatic nitrogens is 1. The number of amides is 1. The molecule has 1 aromatic rings. The number of ether oxygens (including phenoxy) is 1. The second kappa shape index (κ2) is 11.1. The molecule has 1 rings (SSSR count). The van der Waals surface area contributed by atoms with E-state index in [0.717, 1.165) is 22.6 Å². The highest BCUT2D eigenvalue weighted by atomic mass is 127. The molecule has 0 unspecified atom stereocenters. The van der Waals surface area contributed by atoms with Crippen LogP contribution in [0.2, 0.25) is 0 Å². The van der Waals surface area contributed by atoms with Gasteiger partial charge in [-0.05, 0) is 20.8 Å². The van der Waals surface area contributed by atoms with E-state index in [1.165, 1.54) is 4.90 Å². The summed E-state index contributed by atoms with van der Waals surface area (Å²) in [5.41, 5.74) is 2.83. The first-order valence-corrected chi connectivity index (χ1v) is 7.62. The number of hydrogen-bond donors (Lipinski definition) is 2. The molecule has 1 heterocycles. The molecule has 0 fully saturated rings. The van der Waals surface area contributed by atoms with Crippen LogP contribution in [0.1, 0.15) is 23.7 Å². The molecular formula is C16H28IN5O2. The molecule has 0 aromatic carbocycles. The summed E-state index contributed by atoms with van der Waals surface area (Å²) in [4.78, 5) is 22.1. The normalized spacial score (nSPS) is 10.7. The summed E-state index contributed by atoms with van der Waals surface area (Å²) in [5, 5.41) is 6.14. The summed E-state index contributed by atoms with van der Waals surface area (Å²) in [6, 6.07) is 0. The van der Waals surface area contributed by atoms with Gasteiger partial charge in [0.1, 0.15) is 5.75 Å². The van der Waals surface area contributed by atoms with E-state index in [9.17, 15) is 4.79 Å². The van der Waals surface area contributed by atoms with Gasteiger partial charge in [0, 0.05) is 38.0 Å². The topological polar surface area (TPSA) is 78.9 Å². The van der Waals surface area contributed by atoms with Gasteiger partial charge in [-0.1, -0.05) is 0 Å². The van der Waals surface area contributed by atoms with Gasteiger partial charge in [-0.3, -0.25) is 9.78 Å². The van der Waals surface area contributed by atoms with Crippen LogP contribution in [-0.2, 0) is 11.3 Å². The summed E-state index contributed by atoms with van der Waals surface area (Å²) in [5.74, 6) is 1.41. The third kappa shape index (κ3) is 6.50. The van der Waals surface area contributed by atoms with E-state index < -0.39 is 0 Å². The number of halogens is 1. The number of aliphatic imine (C=N–C) groups is 1. The van der Waals surface area contributed by atoms with Gasteiger partial charge < -0.3 is 20.3 Å². The number of methoxy groups -OCH3 is 1. The molecule has 1 amide bonds. The Hall–Kier alpha value is -1.58. The van der Waals surface area contributed by atoms with Gasteiger partial charge in [-0.2, -0.15) is 0 Å².